The highest BCUT2D eigenvalue weighted by molar-refractivity contribution is 5.23. The van der Waals surface area contributed by atoms with Crippen LogP contribution in [0.25, 0.3) is 0 Å². The number of benzene rings is 1. The third-order valence-electron chi connectivity index (χ3n) is 5.57. The average molecular weight is 353 g/mol. The maximum absolute atomic E-state index is 14.2. The molecule has 6 heteroatoms. The van der Waals surface area contributed by atoms with Gasteiger partial charge >= 0.3 is 0 Å². The van der Waals surface area contributed by atoms with Crippen LogP contribution in [0.15, 0.2) is 18.2 Å². The quantitative estimate of drug-likeness (QED) is 0.823. The van der Waals surface area contributed by atoms with Crippen molar-refractivity contribution in [2.24, 2.45) is 5.92 Å². The van der Waals surface area contributed by atoms with Crippen LogP contribution in [0.1, 0.15) is 30.9 Å². The fourth-order valence-corrected chi connectivity index (χ4v) is 4.22. The number of ether oxygens (including phenoxy) is 1. The molecule has 1 saturated carbocycles. The first-order valence-electron chi connectivity index (χ1n) is 9.22. The van der Waals surface area contributed by atoms with E-state index >= 15 is 0 Å². The molecule has 4 unspecified atom stereocenters. The van der Waals surface area contributed by atoms with E-state index in [-0.39, 0.29) is 11.6 Å². The van der Waals surface area contributed by atoms with E-state index in [9.17, 15) is 8.78 Å². The molecule has 2 aliphatic rings. The van der Waals surface area contributed by atoms with Crippen LogP contribution in [-0.2, 0) is 4.74 Å². The Morgan fingerprint density at radius 2 is 2.04 bits per heavy atom. The zero-order chi connectivity index (χ0) is 17.8. The second-order valence-electron chi connectivity index (χ2n) is 7.36. The van der Waals surface area contributed by atoms with Crippen LogP contribution >= 0.6 is 0 Å². The van der Waals surface area contributed by atoms with Crippen LogP contribution in [-0.4, -0.2) is 57.4 Å². The molecule has 2 fully saturated rings. The first kappa shape index (κ1) is 18.7. The molecule has 0 amide bonds. The summed E-state index contributed by atoms with van der Waals surface area (Å²) in [5.41, 5.74) is 0.147. The van der Waals surface area contributed by atoms with Crippen LogP contribution in [0, 0.1) is 17.6 Å². The average Bonchev–Trinajstić information content (AvgIpc) is 3.06. The molecule has 1 aromatic carbocycles. The van der Waals surface area contributed by atoms with Crippen LogP contribution < -0.4 is 10.6 Å². The summed E-state index contributed by atoms with van der Waals surface area (Å²) in [5, 5.41) is 7.15. The normalized spacial score (nSPS) is 28.4. The van der Waals surface area contributed by atoms with E-state index in [4.69, 9.17) is 4.74 Å². The summed E-state index contributed by atoms with van der Waals surface area (Å²) in [5.74, 6) is -0.454. The number of morpholine rings is 1. The Hall–Kier alpha value is -1.08. The molecule has 0 spiro atoms. The smallest absolute Gasteiger partial charge is 0.130 e. The van der Waals surface area contributed by atoms with Crippen LogP contribution in [0.4, 0.5) is 8.78 Å². The minimum absolute atomic E-state index is 0.147. The molecule has 1 saturated heterocycles. The molecule has 4 atom stereocenters. The Balaban J connectivity index is 1.67. The molecule has 1 aromatic rings. The van der Waals surface area contributed by atoms with E-state index in [2.05, 4.69) is 10.6 Å². The Morgan fingerprint density at radius 3 is 2.68 bits per heavy atom. The van der Waals surface area contributed by atoms with Gasteiger partial charge in [-0.05, 0) is 45.0 Å². The molecule has 1 heterocycles. The molecule has 0 radical (unpaired) electrons. The highest BCUT2D eigenvalue weighted by atomic mass is 19.1. The molecule has 1 aliphatic heterocycles. The molecule has 140 valence electrons. The first-order valence-corrected chi connectivity index (χ1v) is 9.22. The van der Waals surface area contributed by atoms with Crippen molar-refractivity contribution < 1.29 is 13.5 Å². The van der Waals surface area contributed by atoms with Crippen molar-refractivity contribution in [2.45, 2.75) is 37.4 Å². The van der Waals surface area contributed by atoms with Gasteiger partial charge in [-0.3, -0.25) is 0 Å². The van der Waals surface area contributed by atoms with Crippen LogP contribution in [0.5, 0.6) is 0 Å². The minimum Gasteiger partial charge on any atom is -0.379 e. The summed E-state index contributed by atoms with van der Waals surface area (Å²) in [6.45, 7) is 2.95. The second-order valence-corrected chi connectivity index (χ2v) is 7.36. The van der Waals surface area contributed by atoms with Gasteiger partial charge in [-0.1, -0.05) is 12.5 Å². The van der Waals surface area contributed by atoms with Gasteiger partial charge in [-0.15, -0.1) is 0 Å². The van der Waals surface area contributed by atoms with Crippen molar-refractivity contribution in [3.8, 4) is 0 Å². The second kappa shape index (κ2) is 8.54. The van der Waals surface area contributed by atoms with Crippen molar-refractivity contribution in [3.63, 3.8) is 0 Å². The predicted molar refractivity (Wildman–Crippen MR) is 94.5 cm³/mol. The Bertz CT molecular complexity index is 543. The van der Waals surface area contributed by atoms with Crippen molar-refractivity contribution in [1.29, 1.82) is 0 Å². The number of likely N-dealkylation sites (N-methyl/N-ethyl adjacent to an activating group) is 1. The fourth-order valence-electron chi connectivity index (χ4n) is 4.22. The Labute approximate surface area is 148 Å². The maximum Gasteiger partial charge on any atom is 0.130 e. The van der Waals surface area contributed by atoms with Gasteiger partial charge in [-0.2, -0.15) is 0 Å². The number of nitrogens with zero attached hydrogens (tertiary/aromatic N) is 1. The lowest BCUT2D eigenvalue weighted by Gasteiger charge is -2.34. The minimum atomic E-state index is -0.481. The maximum atomic E-state index is 14.2. The van der Waals surface area contributed by atoms with Gasteiger partial charge in [0.1, 0.15) is 11.6 Å². The van der Waals surface area contributed by atoms with E-state index in [0.717, 1.165) is 26.2 Å². The third-order valence-corrected chi connectivity index (χ3v) is 5.57. The number of hydrogen-bond acceptors (Lipinski definition) is 4. The molecule has 2 N–H and O–H groups in total. The summed E-state index contributed by atoms with van der Waals surface area (Å²) < 4.78 is 34.0. The molecule has 0 bridgehead atoms. The number of hydrogen-bond donors (Lipinski definition) is 2. The van der Waals surface area contributed by atoms with E-state index < -0.39 is 11.6 Å². The zero-order valence-corrected chi connectivity index (χ0v) is 15.1. The summed E-state index contributed by atoms with van der Waals surface area (Å²) in [6.07, 6.45) is 3.45. The summed E-state index contributed by atoms with van der Waals surface area (Å²) in [4.78, 5) is 1.88. The lowest BCUT2D eigenvalue weighted by Crippen LogP contribution is -2.51. The third kappa shape index (κ3) is 4.37. The van der Waals surface area contributed by atoms with Crippen LogP contribution in [0.3, 0.4) is 0 Å². The van der Waals surface area contributed by atoms with Crippen molar-refractivity contribution in [3.05, 3.63) is 35.4 Å². The fraction of sp³-hybridized carbons (Fsp3) is 0.684. The summed E-state index contributed by atoms with van der Waals surface area (Å²) in [7, 11) is 3.72. The highest BCUT2D eigenvalue weighted by Gasteiger charge is 2.35. The monoisotopic (exact) mass is 353 g/mol. The van der Waals surface area contributed by atoms with Crippen LogP contribution in [0.2, 0.25) is 0 Å². The van der Waals surface area contributed by atoms with Gasteiger partial charge in [-0.25, -0.2) is 8.78 Å². The van der Waals surface area contributed by atoms with E-state index in [1.54, 1.807) is 0 Å². The van der Waals surface area contributed by atoms with Crippen molar-refractivity contribution in [2.75, 3.05) is 40.4 Å². The lowest BCUT2D eigenvalue weighted by molar-refractivity contribution is 0.0520. The molecule has 0 aromatic heterocycles. The molecule has 25 heavy (non-hydrogen) atoms. The molecule has 3 rings (SSSR count). The molecular formula is C19H29F2N3O. The predicted octanol–water partition coefficient (Wildman–Crippen LogP) is 2.31. The van der Waals surface area contributed by atoms with Gasteiger partial charge in [0.25, 0.3) is 0 Å². The largest absolute Gasteiger partial charge is 0.379 e. The zero-order valence-electron chi connectivity index (χ0n) is 15.1. The topological polar surface area (TPSA) is 36.5 Å². The van der Waals surface area contributed by atoms with Gasteiger partial charge in [0, 0.05) is 30.7 Å². The lowest BCUT2D eigenvalue weighted by atomic mass is 9.93. The first-order chi connectivity index (χ1) is 12.1. The number of rotatable bonds is 6. The van der Waals surface area contributed by atoms with Crippen molar-refractivity contribution in [1.82, 2.24) is 15.5 Å². The van der Waals surface area contributed by atoms with Gasteiger partial charge < -0.3 is 20.3 Å². The number of halogens is 2. The van der Waals surface area contributed by atoms with Gasteiger partial charge in [0.2, 0.25) is 0 Å². The van der Waals surface area contributed by atoms with Gasteiger partial charge in [0.05, 0.1) is 19.3 Å². The Kier molecular flexibility index (Phi) is 6.39. The molecular weight excluding hydrogens is 324 g/mol. The highest BCUT2D eigenvalue weighted by Crippen LogP contribution is 2.31. The Morgan fingerprint density at radius 1 is 1.28 bits per heavy atom. The number of nitrogens with one attached hydrogen (secondary N) is 2. The van der Waals surface area contributed by atoms with E-state index in [1.165, 1.54) is 31.0 Å². The SMILES string of the molecule is CN(C)C(CNC1CCCC1C1COCCN1)c1c(F)cccc1F. The van der Waals surface area contributed by atoms with E-state index in [0.29, 0.717) is 24.5 Å². The summed E-state index contributed by atoms with van der Waals surface area (Å²) in [6, 6.07) is 4.47. The van der Waals surface area contributed by atoms with Crippen molar-refractivity contribution >= 4 is 0 Å². The molecule has 4 nitrogen and oxygen atoms in total. The molecule has 1 aliphatic carbocycles. The standard InChI is InChI=1S/C19H29F2N3O/c1-24(2)18(19-14(20)6-4-7-15(19)21)11-23-16-8-3-5-13(16)17-12-25-10-9-22-17/h4,6-7,13,16-18,22-23H,3,5,8-12H2,1-2H3. The van der Waals surface area contributed by atoms with Gasteiger partial charge in [0.15, 0.2) is 0 Å². The summed E-state index contributed by atoms with van der Waals surface area (Å²) >= 11 is 0. The van der Waals surface area contributed by atoms with E-state index in [1.807, 2.05) is 19.0 Å².